The van der Waals surface area contributed by atoms with Crippen LogP contribution < -0.4 is 9.47 Å². The van der Waals surface area contributed by atoms with Crippen LogP contribution in [0.2, 0.25) is 0 Å². The fourth-order valence-corrected chi connectivity index (χ4v) is 3.67. The smallest absolute Gasteiger partial charge is 0.278 e. The van der Waals surface area contributed by atoms with Gasteiger partial charge in [-0.1, -0.05) is 0 Å². The number of hydrogen-bond donors (Lipinski definition) is 0. The van der Waals surface area contributed by atoms with E-state index in [1.165, 1.54) is 4.90 Å². The number of piperidine rings is 1. The molecule has 0 spiro atoms. The van der Waals surface area contributed by atoms with Crippen LogP contribution >= 0.6 is 11.8 Å². The van der Waals surface area contributed by atoms with Crippen molar-refractivity contribution >= 4 is 23.6 Å². The summed E-state index contributed by atoms with van der Waals surface area (Å²) < 4.78 is 11.7. The second-order valence-corrected chi connectivity index (χ2v) is 7.59. The van der Waals surface area contributed by atoms with Gasteiger partial charge in [-0.15, -0.1) is 0 Å². The number of carbonyl (C=O) groups excluding carboxylic acids is 2. The Morgan fingerprint density at radius 2 is 1.74 bits per heavy atom. The third kappa shape index (κ3) is 5.55. The van der Waals surface area contributed by atoms with E-state index in [2.05, 4.69) is 21.1 Å². The number of rotatable bonds is 9. The molecule has 2 amide bonds. The fraction of sp³-hybridized carbons (Fsp3) is 0.667. The number of aromatic nitrogens is 2. The zero-order valence-corrected chi connectivity index (χ0v) is 16.4. The molecule has 8 nitrogen and oxygen atoms in total. The van der Waals surface area contributed by atoms with Gasteiger partial charge in [0.15, 0.2) is 0 Å². The molecule has 2 fully saturated rings. The number of carbonyl (C=O) groups is 2. The first-order valence-corrected chi connectivity index (χ1v) is 10.7. The number of likely N-dealkylation sites (tertiary alicyclic amines) is 2. The zero-order valence-electron chi connectivity index (χ0n) is 15.6. The van der Waals surface area contributed by atoms with Gasteiger partial charge in [-0.25, -0.2) is 9.97 Å². The number of hydrogen-bond acceptors (Lipinski definition) is 8. The molecule has 3 rings (SSSR count). The van der Waals surface area contributed by atoms with E-state index in [1.807, 2.05) is 11.8 Å². The Balaban J connectivity index is 1.48. The van der Waals surface area contributed by atoms with Gasteiger partial charge >= 0.3 is 0 Å². The molecule has 0 atom stereocenters. The van der Waals surface area contributed by atoms with Crippen LogP contribution in [0.4, 0.5) is 0 Å². The van der Waals surface area contributed by atoms with Gasteiger partial charge in [-0.05, 0) is 19.1 Å². The molecule has 1 aromatic heterocycles. The lowest BCUT2D eigenvalue weighted by Crippen LogP contribution is -2.39. The minimum Gasteiger partial charge on any atom is -0.472 e. The maximum absolute atomic E-state index is 11.6. The topological polar surface area (TPSA) is 84.9 Å². The normalized spacial score (nSPS) is 18.9. The Bertz CT molecular complexity index is 636. The summed E-state index contributed by atoms with van der Waals surface area (Å²) in [4.78, 5) is 35.4. The molecule has 148 valence electrons. The Labute approximate surface area is 163 Å². The van der Waals surface area contributed by atoms with Gasteiger partial charge in [0.25, 0.3) is 11.8 Å². The van der Waals surface area contributed by atoms with Crippen molar-refractivity contribution in [1.82, 2.24) is 19.8 Å². The molecular weight excluding hydrogens is 368 g/mol. The van der Waals surface area contributed by atoms with E-state index in [0.29, 0.717) is 11.8 Å². The lowest BCUT2D eigenvalue weighted by Gasteiger charge is -2.31. The largest absolute Gasteiger partial charge is 0.472 e. The predicted octanol–water partition coefficient (Wildman–Crippen LogP) is 1.21. The lowest BCUT2D eigenvalue weighted by atomic mass is 10.1. The van der Waals surface area contributed by atoms with Crippen LogP contribution in [0, 0.1) is 0 Å². The van der Waals surface area contributed by atoms with Crippen molar-refractivity contribution in [1.29, 1.82) is 0 Å². The molecule has 9 heteroatoms. The van der Waals surface area contributed by atoms with E-state index in [4.69, 9.17) is 9.47 Å². The monoisotopic (exact) mass is 394 g/mol. The molecule has 0 radical (unpaired) electrons. The van der Waals surface area contributed by atoms with E-state index in [1.54, 1.807) is 12.4 Å². The molecule has 0 aliphatic carbocycles. The third-order valence-corrected chi connectivity index (χ3v) is 5.36. The maximum atomic E-state index is 11.6. The first-order valence-electron chi connectivity index (χ1n) is 9.32. The average Bonchev–Trinajstić information content (AvgIpc) is 3.01. The van der Waals surface area contributed by atoms with Crippen molar-refractivity contribution in [2.45, 2.75) is 31.8 Å². The fourth-order valence-electron chi connectivity index (χ4n) is 3.23. The summed E-state index contributed by atoms with van der Waals surface area (Å²) >= 11 is 1.86. The summed E-state index contributed by atoms with van der Waals surface area (Å²) in [5.74, 6) is 1.54. The molecular formula is C18H26N4O4S. The summed E-state index contributed by atoms with van der Waals surface area (Å²) in [5, 5.41) is 0. The highest BCUT2D eigenvalue weighted by atomic mass is 32.2. The summed E-state index contributed by atoms with van der Waals surface area (Å²) in [6, 6.07) is 0. The first kappa shape index (κ1) is 19.9. The second kappa shape index (κ2) is 9.89. The van der Waals surface area contributed by atoms with Crippen molar-refractivity contribution in [3.05, 3.63) is 12.4 Å². The Kier molecular flexibility index (Phi) is 7.28. The number of thioether (sulfide) groups is 1. The molecule has 2 aliphatic rings. The highest BCUT2D eigenvalue weighted by Gasteiger charge is 2.28. The highest BCUT2D eigenvalue weighted by Crippen LogP contribution is 2.25. The second-order valence-electron chi connectivity index (χ2n) is 6.61. The Hall–Kier alpha value is -1.87. The average molecular weight is 394 g/mol. The highest BCUT2D eigenvalue weighted by molar-refractivity contribution is 7.98. The van der Waals surface area contributed by atoms with Crippen LogP contribution in [0.1, 0.15) is 25.7 Å². The van der Waals surface area contributed by atoms with Crippen molar-refractivity contribution in [2.24, 2.45) is 0 Å². The summed E-state index contributed by atoms with van der Waals surface area (Å²) in [6.07, 6.45) is 7.80. The molecule has 0 N–H and O–H groups in total. The molecule has 0 saturated carbocycles. The third-order valence-electron chi connectivity index (χ3n) is 4.77. The predicted molar refractivity (Wildman–Crippen MR) is 102 cm³/mol. The quantitative estimate of drug-likeness (QED) is 0.578. The van der Waals surface area contributed by atoms with Crippen LogP contribution in [0.25, 0.3) is 0 Å². The van der Waals surface area contributed by atoms with E-state index >= 15 is 0 Å². The first-order chi connectivity index (χ1) is 13.2. The van der Waals surface area contributed by atoms with E-state index in [-0.39, 0.29) is 43.9 Å². The van der Waals surface area contributed by atoms with Crippen LogP contribution in [0.15, 0.2) is 12.4 Å². The van der Waals surface area contributed by atoms with Gasteiger partial charge in [0, 0.05) is 50.6 Å². The maximum Gasteiger partial charge on any atom is 0.278 e. The van der Waals surface area contributed by atoms with Gasteiger partial charge in [0.05, 0.1) is 6.54 Å². The number of imide groups is 1. The van der Waals surface area contributed by atoms with Crippen LogP contribution in [-0.2, 0) is 9.59 Å². The van der Waals surface area contributed by atoms with Gasteiger partial charge in [-0.3, -0.25) is 14.5 Å². The van der Waals surface area contributed by atoms with Gasteiger partial charge in [0.2, 0.25) is 11.8 Å². The van der Waals surface area contributed by atoms with E-state index < -0.39 is 0 Å². The molecule has 27 heavy (non-hydrogen) atoms. The van der Waals surface area contributed by atoms with Crippen molar-refractivity contribution < 1.29 is 19.1 Å². The van der Waals surface area contributed by atoms with Crippen molar-refractivity contribution in [2.75, 3.05) is 44.8 Å². The molecule has 0 unspecified atom stereocenters. The Morgan fingerprint density at radius 1 is 1.07 bits per heavy atom. The van der Waals surface area contributed by atoms with Gasteiger partial charge in [-0.2, -0.15) is 11.8 Å². The van der Waals surface area contributed by atoms with Gasteiger partial charge < -0.3 is 14.4 Å². The van der Waals surface area contributed by atoms with Crippen LogP contribution in [0.3, 0.4) is 0 Å². The minimum absolute atomic E-state index is 0.0938. The van der Waals surface area contributed by atoms with E-state index in [9.17, 15) is 9.59 Å². The van der Waals surface area contributed by atoms with Gasteiger partial charge in [0.1, 0.15) is 12.7 Å². The zero-order chi connectivity index (χ0) is 19.1. The number of ether oxygens (including phenoxy) is 2. The molecule has 1 aromatic rings. The molecule has 2 saturated heterocycles. The number of amides is 2. The van der Waals surface area contributed by atoms with Crippen molar-refractivity contribution in [3.8, 4) is 11.8 Å². The SMILES string of the molecule is CSCCN1CCC(Oc2nccnc2OCCN2C(=O)CCC2=O)CC1. The summed E-state index contributed by atoms with van der Waals surface area (Å²) in [5.41, 5.74) is 0. The van der Waals surface area contributed by atoms with Crippen molar-refractivity contribution in [3.63, 3.8) is 0 Å². The van der Waals surface area contributed by atoms with E-state index in [0.717, 1.165) is 38.2 Å². The van der Waals surface area contributed by atoms with Crippen LogP contribution in [0.5, 0.6) is 11.8 Å². The standard InChI is InChI=1S/C18H26N4O4S/c1-27-13-11-21-8-4-14(5-9-21)26-18-17(19-6-7-20-18)25-12-10-22-15(23)2-3-16(22)24/h6-7,14H,2-5,8-13H2,1H3. The lowest BCUT2D eigenvalue weighted by molar-refractivity contribution is -0.138. The molecule has 3 heterocycles. The molecule has 2 aliphatic heterocycles. The molecule has 0 bridgehead atoms. The minimum atomic E-state index is -0.146. The molecule has 0 aromatic carbocycles. The summed E-state index contributed by atoms with van der Waals surface area (Å²) in [7, 11) is 0. The summed E-state index contributed by atoms with van der Waals surface area (Å²) in [6.45, 7) is 3.55. The number of nitrogens with zero attached hydrogens (tertiary/aromatic N) is 4. The Morgan fingerprint density at radius 3 is 2.41 bits per heavy atom. The van der Waals surface area contributed by atoms with Crippen LogP contribution in [-0.4, -0.2) is 82.5 Å².